The van der Waals surface area contributed by atoms with E-state index < -0.39 is 23.7 Å². The van der Waals surface area contributed by atoms with Crippen molar-refractivity contribution in [2.45, 2.75) is 79.9 Å². The molecule has 1 aliphatic rings. The molecule has 1 amide bonds. The molecule has 2 heterocycles. The first kappa shape index (κ1) is 28.2. The van der Waals surface area contributed by atoms with Crippen LogP contribution in [-0.2, 0) is 9.53 Å². The van der Waals surface area contributed by atoms with Gasteiger partial charge in [0.15, 0.2) is 0 Å². The number of carboxylic acids is 1. The molecule has 3 rings (SSSR count). The van der Waals surface area contributed by atoms with Crippen LogP contribution in [0.3, 0.4) is 0 Å². The molecule has 2 aromatic rings. The van der Waals surface area contributed by atoms with E-state index in [2.05, 4.69) is 4.98 Å². The van der Waals surface area contributed by atoms with E-state index in [-0.39, 0.29) is 5.56 Å². The number of aryl methyl sites for hydroxylation is 1. The van der Waals surface area contributed by atoms with E-state index in [1.54, 1.807) is 20.8 Å². The maximum Gasteiger partial charge on any atom is 0.411 e. The minimum Gasteiger partial charge on any atom is -0.480 e. The molecule has 31 heavy (non-hydrogen) atoms. The number of nitrogens with zero attached hydrogens (tertiary/aromatic N) is 1. The zero-order chi connectivity index (χ0) is 24.2. The minimum absolute atomic E-state index is 0.00870. The predicted octanol–water partition coefficient (Wildman–Crippen LogP) is 5.36. The topological polar surface area (TPSA) is 99.7 Å². The summed E-state index contributed by atoms with van der Waals surface area (Å²) in [6.45, 7) is 15.6. The van der Waals surface area contributed by atoms with Crippen LogP contribution in [0, 0.1) is 6.92 Å². The molecule has 1 fully saturated rings. The summed E-state index contributed by atoms with van der Waals surface area (Å²) in [5, 5.41) is 10.6. The van der Waals surface area contributed by atoms with Gasteiger partial charge in [0, 0.05) is 17.6 Å². The summed E-state index contributed by atoms with van der Waals surface area (Å²) < 4.78 is 5.13. The molecule has 1 saturated heterocycles. The van der Waals surface area contributed by atoms with E-state index in [4.69, 9.17) is 9.84 Å². The molecular formula is C24H38N2O5. The molecule has 0 saturated carbocycles. The first-order chi connectivity index (χ1) is 14.6. The van der Waals surface area contributed by atoms with E-state index >= 15 is 0 Å². The number of hydrogen-bond donors (Lipinski definition) is 2. The summed E-state index contributed by atoms with van der Waals surface area (Å²) >= 11 is 0. The number of hydrogen-bond acceptors (Lipinski definition) is 4. The molecule has 0 aliphatic carbocycles. The fraction of sp³-hybridized carbons (Fsp3) is 0.542. The van der Waals surface area contributed by atoms with Gasteiger partial charge in [-0.25, -0.2) is 9.59 Å². The number of likely N-dealkylation sites (tertiary alicyclic amines) is 1. The van der Waals surface area contributed by atoms with Crippen LogP contribution in [0.25, 0.3) is 10.8 Å². The molecule has 7 nitrogen and oxygen atoms in total. The van der Waals surface area contributed by atoms with Crippen LogP contribution in [-0.4, -0.2) is 45.2 Å². The van der Waals surface area contributed by atoms with Gasteiger partial charge in [-0.15, -0.1) is 0 Å². The van der Waals surface area contributed by atoms with Gasteiger partial charge in [-0.3, -0.25) is 9.69 Å². The van der Waals surface area contributed by atoms with Crippen LogP contribution in [0.5, 0.6) is 0 Å². The number of aromatic amines is 1. The van der Waals surface area contributed by atoms with E-state index in [1.165, 1.54) is 4.90 Å². The van der Waals surface area contributed by atoms with Crippen LogP contribution in [0.15, 0.2) is 35.1 Å². The van der Waals surface area contributed by atoms with Crippen LogP contribution in [0.2, 0.25) is 0 Å². The number of benzene rings is 1. The second-order valence-corrected chi connectivity index (χ2v) is 7.54. The summed E-state index contributed by atoms with van der Waals surface area (Å²) in [5.41, 5.74) is 0.312. The van der Waals surface area contributed by atoms with Crippen LogP contribution >= 0.6 is 0 Å². The molecule has 1 unspecified atom stereocenters. The van der Waals surface area contributed by atoms with Gasteiger partial charge in [0.1, 0.15) is 11.6 Å². The van der Waals surface area contributed by atoms with Gasteiger partial charge in [0.25, 0.3) is 5.56 Å². The molecule has 1 atom stereocenters. The van der Waals surface area contributed by atoms with Crippen molar-refractivity contribution in [1.82, 2.24) is 9.88 Å². The number of nitrogens with one attached hydrogen (secondary N) is 1. The third-order valence-corrected chi connectivity index (χ3v) is 4.05. The number of carbonyl (C=O) groups excluding carboxylic acids is 1. The Morgan fingerprint density at radius 1 is 1.13 bits per heavy atom. The van der Waals surface area contributed by atoms with Gasteiger partial charge in [0.2, 0.25) is 0 Å². The highest BCUT2D eigenvalue weighted by Gasteiger charge is 2.36. The number of H-pyrrole nitrogens is 1. The molecule has 1 aromatic heterocycles. The predicted molar refractivity (Wildman–Crippen MR) is 126 cm³/mol. The van der Waals surface area contributed by atoms with Crippen molar-refractivity contribution < 1.29 is 19.4 Å². The van der Waals surface area contributed by atoms with Crippen molar-refractivity contribution in [2.24, 2.45) is 0 Å². The number of ether oxygens (including phenoxy) is 1. The van der Waals surface area contributed by atoms with Crippen molar-refractivity contribution >= 4 is 22.8 Å². The second kappa shape index (κ2) is 13.5. The Kier molecular flexibility index (Phi) is 12.2. The molecule has 0 spiro atoms. The lowest BCUT2D eigenvalue weighted by molar-refractivity contribution is -0.142. The molecule has 1 aliphatic heterocycles. The van der Waals surface area contributed by atoms with Crippen molar-refractivity contribution in [3.63, 3.8) is 0 Å². The van der Waals surface area contributed by atoms with Crippen LogP contribution < -0.4 is 5.56 Å². The Labute approximate surface area is 185 Å². The van der Waals surface area contributed by atoms with Gasteiger partial charge < -0.3 is 14.8 Å². The fourth-order valence-electron chi connectivity index (χ4n) is 2.91. The summed E-state index contributed by atoms with van der Waals surface area (Å²) in [5.74, 6) is -0.960. The van der Waals surface area contributed by atoms with Crippen LogP contribution in [0.1, 0.15) is 67.0 Å². The fourth-order valence-corrected chi connectivity index (χ4v) is 2.91. The summed E-state index contributed by atoms with van der Waals surface area (Å²) in [6, 6.07) is 8.82. The third kappa shape index (κ3) is 9.24. The number of amides is 1. The number of aromatic nitrogens is 1. The lowest BCUT2D eigenvalue weighted by Gasteiger charge is -2.26. The molecule has 0 radical (unpaired) electrons. The Morgan fingerprint density at radius 3 is 2.26 bits per heavy atom. The van der Waals surface area contributed by atoms with Gasteiger partial charge in [-0.1, -0.05) is 45.9 Å². The first-order valence-electron chi connectivity index (χ1n) is 10.9. The number of rotatable bonds is 1. The highest BCUT2D eigenvalue weighted by Crippen LogP contribution is 2.20. The van der Waals surface area contributed by atoms with Crippen molar-refractivity contribution in [3.8, 4) is 0 Å². The average molecular weight is 435 g/mol. The number of carbonyl (C=O) groups is 2. The standard InChI is InChI=1S/C10H17NO4.C10H9NO.2C2H6/c1-10(2,3)15-9(14)11-6-4-5-7(11)8(12)13;1-7-6-8-4-2-3-5-9(8)10(12)11-7;2*1-2/h7H,4-6H2,1-3H3,(H,12,13);2-6H,1H3,(H,11,12);2*1-2H3. The van der Waals surface area contributed by atoms with Gasteiger partial charge in [-0.2, -0.15) is 0 Å². The van der Waals surface area contributed by atoms with E-state index in [0.717, 1.165) is 22.9 Å². The average Bonchev–Trinajstić information content (AvgIpc) is 3.21. The highest BCUT2D eigenvalue weighted by molar-refractivity contribution is 5.81. The summed E-state index contributed by atoms with van der Waals surface area (Å²) in [6.07, 6.45) is 0.692. The normalized spacial score (nSPS) is 14.8. The SMILES string of the molecule is CC.CC.CC(C)(C)OC(=O)N1CCCC1C(=O)O.Cc1cc2ccccc2c(=O)[nH]1. The maximum atomic E-state index is 11.6. The van der Waals surface area contributed by atoms with Crippen molar-refractivity contribution in [2.75, 3.05) is 6.54 Å². The van der Waals surface area contributed by atoms with Gasteiger partial charge >= 0.3 is 12.1 Å². The number of fused-ring (bicyclic) bond motifs is 1. The summed E-state index contributed by atoms with van der Waals surface area (Å²) in [4.78, 5) is 37.8. The molecule has 2 N–H and O–H groups in total. The lowest BCUT2D eigenvalue weighted by atomic mass is 10.1. The maximum absolute atomic E-state index is 11.6. The molecule has 174 valence electrons. The smallest absolute Gasteiger partial charge is 0.411 e. The van der Waals surface area contributed by atoms with E-state index in [9.17, 15) is 14.4 Å². The number of pyridine rings is 1. The van der Waals surface area contributed by atoms with Gasteiger partial charge in [-0.05, 0) is 58.1 Å². The molecule has 1 aromatic carbocycles. The zero-order valence-electron chi connectivity index (χ0n) is 20.1. The number of carboxylic acid groups (broad SMARTS) is 1. The Balaban J connectivity index is 0.000000507. The molecule has 0 bridgehead atoms. The van der Waals surface area contributed by atoms with Crippen molar-refractivity contribution in [3.05, 3.63) is 46.4 Å². The second-order valence-electron chi connectivity index (χ2n) is 7.54. The highest BCUT2D eigenvalue weighted by atomic mass is 16.6. The molecule has 7 heteroatoms. The minimum atomic E-state index is -0.960. The Hall–Kier alpha value is -2.83. The first-order valence-corrected chi connectivity index (χ1v) is 10.9. The van der Waals surface area contributed by atoms with Crippen molar-refractivity contribution in [1.29, 1.82) is 0 Å². The quantitative estimate of drug-likeness (QED) is 0.629. The summed E-state index contributed by atoms with van der Waals surface area (Å²) in [7, 11) is 0. The monoisotopic (exact) mass is 434 g/mol. The van der Waals surface area contributed by atoms with Gasteiger partial charge in [0.05, 0.1) is 0 Å². The zero-order valence-corrected chi connectivity index (χ0v) is 20.1. The van der Waals surface area contributed by atoms with E-state index in [0.29, 0.717) is 13.0 Å². The third-order valence-electron chi connectivity index (χ3n) is 4.05. The van der Waals surface area contributed by atoms with E-state index in [1.807, 2.05) is 65.0 Å². The Bertz CT molecular complexity index is 883. The number of aliphatic carboxylic acids is 1. The lowest BCUT2D eigenvalue weighted by Crippen LogP contribution is -2.43. The molecular weight excluding hydrogens is 396 g/mol. The van der Waals surface area contributed by atoms with Crippen LogP contribution in [0.4, 0.5) is 4.79 Å². The Morgan fingerprint density at radius 2 is 1.71 bits per heavy atom. The largest absolute Gasteiger partial charge is 0.480 e.